The van der Waals surface area contributed by atoms with E-state index < -0.39 is 0 Å². The standard InChI is InChI=1S/C18H30N4O/c1-2-19-18(23)20-10-6-7-11-21-12-14-22(15-13-21)16-17-8-4-3-5-9-17/h3-5,8-9H,2,6-7,10-16H2,1H3,(H2,19,20,23). The summed E-state index contributed by atoms with van der Waals surface area (Å²) in [6, 6.07) is 10.6. The van der Waals surface area contributed by atoms with E-state index in [1.807, 2.05) is 6.92 Å². The second-order valence-corrected chi connectivity index (χ2v) is 6.10. The van der Waals surface area contributed by atoms with E-state index in [2.05, 4.69) is 50.8 Å². The van der Waals surface area contributed by atoms with Gasteiger partial charge in [-0.15, -0.1) is 0 Å². The van der Waals surface area contributed by atoms with E-state index in [-0.39, 0.29) is 6.03 Å². The number of nitrogens with one attached hydrogen (secondary N) is 2. The Bertz CT molecular complexity index is 444. The Morgan fingerprint density at radius 1 is 1.00 bits per heavy atom. The van der Waals surface area contributed by atoms with Crippen molar-refractivity contribution in [3.8, 4) is 0 Å². The number of unbranched alkanes of at least 4 members (excludes halogenated alkanes) is 1. The zero-order valence-electron chi connectivity index (χ0n) is 14.3. The summed E-state index contributed by atoms with van der Waals surface area (Å²) in [5, 5.41) is 5.62. The summed E-state index contributed by atoms with van der Waals surface area (Å²) in [6.07, 6.45) is 2.19. The molecule has 0 saturated carbocycles. The van der Waals surface area contributed by atoms with Crippen LogP contribution in [0.3, 0.4) is 0 Å². The zero-order valence-corrected chi connectivity index (χ0v) is 14.3. The molecule has 0 radical (unpaired) electrons. The average molecular weight is 318 g/mol. The van der Waals surface area contributed by atoms with Crippen molar-refractivity contribution in [3.05, 3.63) is 35.9 Å². The number of carbonyl (C=O) groups excluding carboxylic acids is 1. The third kappa shape index (κ3) is 7.01. The fraction of sp³-hybridized carbons (Fsp3) is 0.611. The van der Waals surface area contributed by atoms with Crippen molar-refractivity contribution < 1.29 is 4.79 Å². The highest BCUT2D eigenvalue weighted by Gasteiger charge is 2.16. The smallest absolute Gasteiger partial charge is 0.314 e. The van der Waals surface area contributed by atoms with Gasteiger partial charge in [0.2, 0.25) is 0 Å². The Morgan fingerprint density at radius 3 is 2.39 bits per heavy atom. The lowest BCUT2D eigenvalue weighted by atomic mass is 10.2. The van der Waals surface area contributed by atoms with Gasteiger partial charge in [-0.2, -0.15) is 0 Å². The molecule has 23 heavy (non-hydrogen) atoms. The molecule has 0 spiro atoms. The minimum absolute atomic E-state index is 0.0537. The molecule has 1 saturated heterocycles. The van der Waals surface area contributed by atoms with E-state index in [9.17, 15) is 4.79 Å². The molecule has 0 unspecified atom stereocenters. The summed E-state index contributed by atoms with van der Waals surface area (Å²) in [7, 11) is 0. The molecule has 5 heteroatoms. The third-order valence-electron chi connectivity index (χ3n) is 4.24. The van der Waals surface area contributed by atoms with E-state index in [0.717, 1.165) is 58.7 Å². The number of piperazine rings is 1. The number of rotatable bonds is 8. The predicted molar refractivity (Wildman–Crippen MR) is 94.5 cm³/mol. The Hall–Kier alpha value is -1.59. The highest BCUT2D eigenvalue weighted by molar-refractivity contribution is 5.73. The van der Waals surface area contributed by atoms with Crippen LogP contribution in [0.15, 0.2) is 30.3 Å². The van der Waals surface area contributed by atoms with Gasteiger partial charge in [0.1, 0.15) is 0 Å². The van der Waals surface area contributed by atoms with Crippen LogP contribution < -0.4 is 10.6 Å². The van der Waals surface area contributed by atoms with E-state index in [0.29, 0.717) is 6.54 Å². The molecule has 0 aromatic heterocycles. The third-order valence-corrected chi connectivity index (χ3v) is 4.24. The fourth-order valence-corrected chi connectivity index (χ4v) is 2.90. The molecule has 1 heterocycles. The molecule has 5 nitrogen and oxygen atoms in total. The quantitative estimate of drug-likeness (QED) is 0.720. The van der Waals surface area contributed by atoms with E-state index >= 15 is 0 Å². The summed E-state index contributed by atoms with van der Waals surface area (Å²) in [6.45, 7) is 10.2. The van der Waals surface area contributed by atoms with Gasteiger partial charge in [-0.05, 0) is 31.9 Å². The van der Waals surface area contributed by atoms with Crippen molar-refractivity contribution in [3.63, 3.8) is 0 Å². The molecule has 2 N–H and O–H groups in total. The van der Waals surface area contributed by atoms with Crippen molar-refractivity contribution in [1.29, 1.82) is 0 Å². The molecular weight excluding hydrogens is 288 g/mol. The summed E-state index contributed by atoms with van der Waals surface area (Å²) < 4.78 is 0. The van der Waals surface area contributed by atoms with Crippen molar-refractivity contribution in [2.75, 3.05) is 45.8 Å². The van der Waals surface area contributed by atoms with Crippen LogP contribution in [0.5, 0.6) is 0 Å². The number of hydrogen-bond donors (Lipinski definition) is 2. The minimum Gasteiger partial charge on any atom is -0.338 e. The first-order valence-electron chi connectivity index (χ1n) is 8.78. The molecule has 1 aliphatic rings. The SMILES string of the molecule is CCNC(=O)NCCCCN1CCN(Cc2ccccc2)CC1. The van der Waals surface area contributed by atoms with Crippen LogP contribution in [-0.4, -0.2) is 61.6 Å². The molecule has 1 fully saturated rings. The first-order valence-corrected chi connectivity index (χ1v) is 8.78. The van der Waals surface area contributed by atoms with Gasteiger partial charge in [-0.3, -0.25) is 4.90 Å². The van der Waals surface area contributed by atoms with Crippen LogP contribution >= 0.6 is 0 Å². The number of nitrogens with zero attached hydrogens (tertiary/aromatic N) is 2. The highest BCUT2D eigenvalue weighted by atomic mass is 16.2. The number of carbonyl (C=O) groups is 1. The van der Waals surface area contributed by atoms with Crippen LogP contribution in [0, 0.1) is 0 Å². The monoisotopic (exact) mass is 318 g/mol. The van der Waals surface area contributed by atoms with E-state index in [1.165, 1.54) is 5.56 Å². The summed E-state index contributed by atoms with van der Waals surface area (Å²) >= 11 is 0. The van der Waals surface area contributed by atoms with Crippen molar-refractivity contribution >= 4 is 6.03 Å². The molecule has 1 aromatic rings. The maximum Gasteiger partial charge on any atom is 0.314 e. The Labute approximate surface area is 140 Å². The van der Waals surface area contributed by atoms with Gasteiger partial charge in [0, 0.05) is 45.8 Å². The van der Waals surface area contributed by atoms with Crippen molar-refractivity contribution in [2.45, 2.75) is 26.3 Å². The number of benzene rings is 1. The average Bonchev–Trinajstić information content (AvgIpc) is 2.57. The Morgan fingerprint density at radius 2 is 1.70 bits per heavy atom. The molecule has 2 rings (SSSR count). The molecule has 0 atom stereocenters. The van der Waals surface area contributed by atoms with Gasteiger partial charge >= 0.3 is 6.03 Å². The van der Waals surface area contributed by atoms with Crippen LogP contribution in [0.2, 0.25) is 0 Å². The zero-order chi connectivity index (χ0) is 16.3. The molecular formula is C18H30N4O. The van der Waals surface area contributed by atoms with Crippen LogP contribution in [0.4, 0.5) is 4.79 Å². The van der Waals surface area contributed by atoms with Gasteiger partial charge in [0.25, 0.3) is 0 Å². The fourth-order valence-electron chi connectivity index (χ4n) is 2.90. The van der Waals surface area contributed by atoms with Crippen LogP contribution in [0.1, 0.15) is 25.3 Å². The van der Waals surface area contributed by atoms with E-state index in [4.69, 9.17) is 0 Å². The predicted octanol–water partition coefficient (Wildman–Crippen LogP) is 1.90. The lowest BCUT2D eigenvalue weighted by Gasteiger charge is -2.34. The van der Waals surface area contributed by atoms with Gasteiger partial charge < -0.3 is 15.5 Å². The van der Waals surface area contributed by atoms with Gasteiger partial charge in [-0.25, -0.2) is 4.79 Å². The molecule has 1 aliphatic heterocycles. The summed E-state index contributed by atoms with van der Waals surface area (Å²) in [5.41, 5.74) is 1.40. The summed E-state index contributed by atoms with van der Waals surface area (Å²) in [5.74, 6) is 0. The Balaban J connectivity index is 1.52. The normalized spacial score (nSPS) is 16.2. The number of amides is 2. The second kappa shape index (κ2) is 10.2. The first-order chi connectivity index (χ1) is 11.3. The lowest BCUT2D eigenvalue weighted by molar-refractivity contribution is 0.125. The van der Waals surface area contributed by atoms with E-state index in [1.54, 1.807) is 0 Å². The first kappa shape index (κ1) is 17.8. The maximum absolute atomic E-state index is 11.3. The molecule has 2 amide bonds. The topological polar surface area (TPSA) is 47.6 Å². The van der Waals surface area contributed by atoms with Crippen LogP contribution in [0.25, 0.3) is 0 Å². The van der Waals surface area contributed by atoms with Gasteiger partial charge in [0.15, 0.2) is 0 Å². The highest BCUT2D eigenvalue weighted by Crippen LogP contribution is 2.08. The second-order valence-electron chi connectivity index (χ2n) is 6.10. The molecule has 1 aromatic carbocycles. The molecule has 128 valence electrons. The largest absolute Gasteiger partial charge is 0.338 e. The van der Waals surface area contributed by atoms with Crippen molar-refractivity contribution in [1.82, 2.24) is 20.4 Å². The molecule has 0 aliphatic carbocycles. The lowest BCUT2D eigenvalue weighted by Crippen LogP contribution is -2.46. The van der Waals surface area contributed by atoms with Crippen molar-refractivity contribution in [2.24, 2.45) is 0 Å². The minimum atomic E-state index is -0.0537. The van der Waals surface area contributed by atoms with Gasteiger partial charge in [-0.1, -0.05) is 30.3 Å². The van der Waals surface area contributed by atoms with Crippen LogP contribution in [-0.2, 0) is 6.54 Å². The summed E-state index contributed by atoms with van der Waals surface area (Å²) in [4.78, 5) is 16.3. The van der Waals surface area contributed by atoms with Gasteiger partial charge in [0.05, 0.1) is 0 Å². The molecule has 0 bridgehead atoms. The number of hydrogen-bond acceptors (Lipinski definition) is 3. The maximum atomic E-state index is 11.3. The Kier molecular flexibility index (Phi) is 7.90. The number of urea groups is 1.